The predicted octanol–water partition coefficient (Wildman–Crippen LogP) is 3.03. The van der Waals surface area contributed by atoms with Crippen molar-refractivity contribution >= 4 is 34.0 Å². The van der Waals surface area contributed by atoms with Crippen LogP contribution in [0.1, 0.15) is 37.8 Å². The number of hydrogen-bond donors (Lipinski definition) is 2. The van der Waals surface area contributed by atoms with Gasteiger partial charge in [0.05, 0.1) is 6.33 Å². The molecule has 0 aromatic carbocycles. The van der Waals surface area contributed by atoms with E-state index in [2.05, 4.69) is 15.3 Å². The minimum absolute atomic E-state index is 0. The Morgan fingerprint density at radius 2 is 2.19 bits per heavy atom. The Labute approximate surface area is 118 Å². The number of halogens is 2. The van der Waals surface area contributed by atoms with Crippen LogP contribution >= 0.6 is 34.0 Å². The lowest BCUT2D eigenvalue weighted by Gasteiger charge is -2.23. The van der Waals surface area contributed by atoms with E-state index in [0.717, 1.165) is 12.5 Å². The van der Waals surface area contributed by atoms with Crippen molar-refractivity contribution in [2.75, 3.05) is 6.54 Å². The molecule has 0 bridgehead atoms. The van der Waals surface area contributed by atoms with E-state index in [1.54, 1.807) is 6.33 Å². The topological polar surface area (TPSA) is 40.7 Å². The number of rotatable bonds is 4. The number of aromatic amines is 1. The van der Waals surface area contributed by atoms with Gasteiger partial charge in [-0.1, -0.05) is 6.42 Å². The number of H-pyrrole nitrogens is 1. The normalized spacial score (nSPS) is 19.6. The van der Waals surface area contributed by atoms with Crippen LogP contribution in [0.15, 0.2) is 12.5 Å². The third-order valence-electron chi connectivity index (χ3n) is 2.97. The van der Waals surface area contributed by atoms with Gasteiger partial charge in [0, 0.05) is 17.9 Å². The van der Waals surface area contributed by atoms with E-state index in [4.69, 9.17) is 0 Å². The summed E-state index contributed by atoms with van der Waals surface area (Å²) in [4.78, 5) is 7.16. The third-order valence-corrected chi connectivity index (χ3v) is 2.97. The number of piperidine rings is 1. The number of nitrogens with one attached hydrogen (secondary N) is 2. The van der Waals surface area contributed by atoms with E-state index in [9.17, 15) is 0 Å². The molecule has 0 amide bonds. The van der Waals surface area contributed by atoms with Gasteiger partial charge in [-0.2, -0.15) is 0 Å². The van der Waals surface area contributed by atoms with Gasteiger partial charge in [-0.25, -0.2) is 4.98 Å². The number of nitrogens with zero attached hydrogens (tertiary/aromatic N) is 1. The Kier molecular flexibility index (Phi) is 9.26. The van der Waals surface area contributed by atoms with Crippen molar-refractivity contribution in [2.45, 2.75) is 44.6 Å². The summed E-state index contributed by atoms with van der Waals surface area (Å²) in [7, 11) is 0. The van der Waals surface area contributed by atoms with Crippen molar-refractivity contribution in [1.82, 2.24) is 15.3 Å². The minimum Gasteiger partial charge on any atom is -0.348 e. The van der Waals surface area contributed by atoms with Crippen molar-refractivity contribution < 1.29 is 0 Å². The Bertz CT molecular complexity index is 246. The monoisotopic (exact) mass is 353 g/mol. The van der Waals surface area contributed by atoms with E-state index in [-0.39, 0.29) is 34.0 Å². The summed E-state index contributed by atoms with van der Waals surface area (Å²) >= 11 is 0. The molecule has 1 fully saturated rings. The van der Waals surface area contributed by atoms with Crippen LogP contribution < -0.4 is 5.32 Å². The Morgan fingerprint density at radius 1 is 1.31 bits per heavy atom. The molecule has 2 heterocycles. The number of aromatic nitrogens is 2. The Balaban J connectivity index is 0.00000112. The van der Waals surface area contributed by atoms with Gasteiger partial charge >= 0.3 is 0 Å². The molecule has 3 nitrogen and oxygen atoms in total. The highest BCUT2D eigenvalue weighted by Crippen LogP contribution is 2.12. The maximum atomic E-state index is 4.02. The largest absolute Gasteiger partial charge is 0.348 e. The standard InChI is InChI=1S/C11H19N3.2BrH/c1-2-7-13-10(4-1)5-3-6-11-8-12-9-14-11;;/h8-10,13H,1-7H2,(H,12,14);2*1H. The zero-order chi connectivity index (χ0) is 9.64. The van der Waals surface area contributed by atoms with Crippen LogP contribution in [0.3, 0.4) is 0 Å². The molecule has 0 aliphatic carbocycles. The minimum atomic E-state index is 0. The summed E-state index contributed by atoms with van der Waals surface area (Å²) in [5.41, 5.74) is 1.26. The lowest BCUT2D eigenvalue weighted by atomic mass is 9.99. The Hall–Kier alpha value is 0.130. The summed E-state index contributed by atoms with van der Waals surface area (Å²) < 4.78 is 0. The molecule has 1 aromatic rings. The fraction of sp³-hybridized carbons (Fsp3) is 0.727. The van der Waals surface area contributed by atoms with Crippen molar-refractivity contribution in [3.8, 4) is 0 Å². The van der Waals surface area contributed by atoms with Gasteiger partial charge < -0.3 is 10.3 Å². The second-order valence-corrected chi connectivity index (χ2v) is 4.12. The molecule has 0 spiro atoms. The number of aryl methyl sites for hydroxylation is 1. The summed E-state index contributed by atoms with van der Waals surface area (Å²) in [5, 5.41) is 3.57. The average molecular weight is 355 g/mol. The first-order chi connectivity index (χ1) is 6.95. The van der Waals surface area contributed by atoms with E-state index in [1.807, 2.05) is 6.20 Å². The lowest BCUT2D eigenvalue weighted by Crippen LogP contribution is -2.33. The molecule has 0 saturated carbocycles. The second-order valence-electron chi connectivity index (χ2n) is 4.12. The van der Waals surface area contributed by atoms with Crippen LogP contribution in [0.2, 0.25) is 0 Å². The smallest absolute Gasteiger partial charge is 0.0921 e. The summed E-state index contributed by atoms with van der Waals surface area (Å²) in [6, 6.07) is 0.770. The molecule has 94 valence electrons. The third kappa shape index (κ3) is 5.46. The van der Waals surface area contributed by atoms with Gasteiger partial charge in [0.15, 0.2) is 0 Å². The van der Waals surface area contributed by atoms with Crippen LogP contribution in [0.5, 0.6) is 0 Å². The van der Waals surface area contributed by atoms with Crippen molar-refractivity contribution in [3.05, 3.63) is 18.2 Å². The molecule has 1 atom stereocenters. The van der Waals surface area contributed by atoms with Gasteiger partial charge in [0.2, 0.25) is 0 Å². The molecule has 1 aliphatic heterocycles. The number of imidazole rings is 1. The first-order valence-corrected chi connectivity index (χ1v) is 5.66. The fourth-order valence-electron chi connectivity index (χ4n) is 2.13. The molecular formula is C11H21Br2N3. The molecule has 2 N–H and O–H groups in total. The molecule has 16 heavy (non-hydrogen) atoms. The quantitative estimate of drug-likeness (QED) is 0.872. The van der Waals surface area contributed by atoms with Crippen LogP contribution in [0, 0.1) is 0 Å². The Morgan fingerprint density at radius 3 is 2.81 bits per heavy atom. The van der Waals surface area contributed by atoms with Crippen LogP contribution in [0.4, 0.5) is 0 Å². The van der Waals surface area contributed by atoms with Gasteiger partial charge in [0.1, 0.15) is 0 Å². The van der Waals surface area contributed by atoms with Gasteiger partial charge in [0.25, 0.3) is 0 Å². The second kappa shape index (κ2) is 9.19. The van der Waals surface area contributed by atoms with E-state index in [1.165, 1.54) is 44.3 Å². The molecule has 1 saturated heterocycles. The highest BCUT2D eigenvalue weighted by atomic mass is 79.9. The molecule has 5 heteroatoms. The molecule has 2 rings (SSSR count). The highest BCUT2D eigenvalue weighted by Gasteiger charge is 2.11. The van der Waals surface area contributed by atoms with Crippen LogP contribution in [-0.4, -0.2) is 22.6 Å². The highest BCUT2D eigenvalue weighted by molar-refractivity contribution is 8.93. The summed E-state index contributed by atoms with van der Waals surface area (Å²) in [5.74, 6) is 0. The summed E-state index contributed by atoms with van der Waals surface area (Å²) in [6.45, 7) is 1.22. The zero-order valence-electron chi connectivity index (χ0n) is 9.45. The first kappa shape index (κ1) is 16.1. The van der Waals surface area contributed by atoms with E-state index < -0.39 is 0 Å². The SMILES string of the molecule is Br.Br.c1ncc(CCCC2CCCCN2)[nH]1. The fourth-order valence-corrected chi connectivity index (χ4v) is 2.13. The van der Waals surface area contributed by atoms with Crippen molar-refractivity contribution in [3.63, 3.8) is 0 Å². The lowest BCUT2D eigenvalue weighted by molar-refractivity contribution is 0.375. The van der Waals surface area contributed by atoms with Crippen LogP contribution in [-0.2, 0) is 6.42 Å². The van der Waals surface area contributed by atoms with Gasteiger partial charge in [-0.3, -0.25) is 0 Å². The number of hydrogen-bond acceptors (Lipinski definition) is 2. The van der Waals surface area contributed by atoms with E-state index in [0.29, 0.717) is 0 Å². The predicted molar refractivity (Wildman–Crippen MR) is 77.8 cm³/mol. The summed E-state index contributed by atoms with van der Waals surface area (Å²) in [6.07, 6.45) is 11.5. The molecule has 1 aliphatic rings. The van der Waals surface area contributed by atoms with Crippen molar-refractivity contribution in [1.29, 1.82) is 0 Å². The first-order valence-electron chi connectivity index (χ1n) is 5.66. The van der Waals surface area contributed by atoms with Gasteiger partial charge in [-0.15, -0.1) is 34.0 Å². The average Bonchev–Trinajstić information content (AvgIpc) is 2.72. The molecule has 1 unspecified atom stereocenters. The maximum absolute atomic E-state index is 4.02. The van der Waals surface area contributed by atoms with E-state index >= 15 is 0 Å². The maximum Gasteiger partial charge on any atom is 0.0921 e. The van der Waals surface area contributed by atoms with Crippen LogP contribution in [0.25, 0.3) is 0 Å². The zero-order valence-corrected chi connectivity index (χ0v) is 12.9. The molecule has 0 radical (unpaired) electrons. The van der Waals surface area contributed by atoms with Crippen molar-refractivity contribution in [2.24, 2.45) is 0 Å². The molecule has 1 aromatic heterocycles. The molecular weight excluding hydrogens is 334 g/mol. The van der Waals surface area contributed by atoms with Gasteiger partial charge in [-0.05, 0) is 38.6 Å².